The zero-order valence-corrected chi connectivity index (χ0v) is 20.2. The van der Waals surface area contributed by atoms with Crippen LogP contribution in [0.4, 0.5) is 11.8 Å². The molecule has 1 saturated heterocycles. The van der Waals surface area contributed by atoms with Crippen molar-refractivity contribution >= 4 is 28.8 Å². The molecule has 2 aliphatic heterocycles. The first kappa shape index (κ1) is 22.4. The lowest BCUT2D eigenvalue weighted by atomic mass is 10.0. The summed E-state index contributed by atoms with van der Waals surface area (Å²) < 4.78 is 5.11. The van der Waals surface area contributed by atoms with Crippen LogP contribution < -0.4 is 11.1 Å². The summed E-state index contributed by atoms with van der Waals surface area (Å²) in [7, 11) is 0. The first-order valence-corrected chi connectivity index (χ1v) is 12.1. The number of oxazole rings is 1. The van der Waals surface area contributed by atoms with Crippen molar-refractivity contribution in [1.82, 2.24) is 29.7 Å². The Morgan fingerprint density at radius 3 is 2.75 bits per heavy atom. The van der Waals surface area contributed by atoms with E-state index < -0.39 is 5.76 Å². The second kappa shape index (κ2) is 8.87. The molecule has 0 spiro atoms. The third kappa shape index (κ3) is 4.35. The molecule has 0 saturated carbocycles. The Labute approximate surface area is 207 Å². The van der Waals surface area contributed by atoms with Gasteiger partial charge in [0, 0.05) is 55.2 Å². The number of H-pyrrole nitrogens is 1. The highest BCUT2D eigenvalue weighted by Crippen LogP contribution is 2.29. The number of aromatic nitrogens is 4. The van der Waals surface area contributed by atoms with E-state index in [1.807, 2.05) is 37.1 Å². The van der Waals surface area contributed by atoms with E-state index in [2.05, 4.69) is 25.2 Å². The maximum atomic E-state index is 13.0. The summed E-state index contributed by atoms with van der Waals surface area (Å²) in [4.78, 5) is 45.1. The van der Waals surface area contributed by atoms with E-state index in [0.717, 1.165) is 54.3 Å². The Morgan fingerprint density at radius 2 is 1.94 bits per heavy atom. The van der Waals surface area contributed by atoms with Gasteiger partial charge >= 0.3 is 5.76 Å². The van der Waals surface area contributed by atoms with E-state index in [9.17, 15) is 9.59 Å². The van der Waals surface area contributed by atoms with Gasteiger partial charge in [0.05, 0.1) is 11.2 Å². The van der Waals surface area contributed by atoms with Gasteiger partial charge in [0.1, 0.15) is 5.82 Å². The van der Waals surface area contributed by atoms with Crippen LogP contribution in [0.5, 0.6) is 0 Å². The molecule has 0 bridgehead atoms. The van der Waals surface area contributed by atoms with E-state index in [-0.39, 0.29) is 5.91 Å². The monoisotopic (exact) mass is 485 g/mol. The maximum absolute atomic E-state index is 13.0. The van der Waals surface area contributed by atoms with Crippen molar-refractivity contribution in [2.75, 3.05) is 18.4 Å². The quantitative estimate of drug-likeness (QED) is 0.452. The van der Waals surface area contributed by atoms with Gasteiger partial charge in [-0.25, -0.2) is 19.7 Å². The lowest BCUT2D eigenvalue weighted by molar-refractivity contribution is 0.0613. The van der Waals surface area contributed by atoms with Crippen molar-refractivity contribution in [2.24, 2.45) is 0 Å². The lowest BCUT2D eigenvalue weighted by Gasteiger charge is -2.36. The van der Waals surface area contributed by atoms with Gasteiger partial charge < -0.3 is 14.6 Å². The highest BCUT2D eigenvalue weighted by atomic mass is 16.4. The number of hydrogen-bond donors (Lipinski definition) is 2. The number of carbonyl (C=O) groups excluding carboxylic acids is 1. The number of likely N-dealkylation sites (tertiary alicyclic amines) is 1. The predicted octanol–water partition coefficient (Wildman–Crippen LogP) is 3.29. The molecule has 2 N–H and O–H groups in total. The lowest BCUT2D eigenvalue weighted by Crippen LogP contribution is -2.45. The Kier molecular flexibility index (Phi) is 5.52. The molecule has 36 heavy (non-hydrogen) atoms. The number of rotatable bonds is 4. The van der Waals surface area contributed by atoms with Gasteiger partial charge in [-0.15, -0.1) is 0 Å². The minimum atomic E-state index is -0.517. The Hall–Kier alpha value is -4.05. The molecule has 0 atom stereocenters. The number of pyridine rings is 1. The van der Waals surface area contributed by atoms with E-state index in [4.69, 9.17) is 9.40 Å². The highest BCUT2D eigenvalue weighted by molar-refractivity contribution is 5.97. The zero-order valence-electron chi connectivity index (χ0n) is 20.2. The first-order valence-electron chi connectivity index (χ1n) is 12.1. The van der Waals surface area contributed by atoms with Crippen LogP contribution in [0, 0.1) is 13.8 Å². The van der Waals surface area contributed by atoms with Gasteiger partial charge in [-0.1, -0.05) is 0 Å². The third-order valence-electron chi connectivity index (χ3n) is 6.95. The number of hydrogen-bond acceptors (Lipinski definition) is 8. The molecule has 0 radical (unpaired) electrons. The van der Waals surface area contributed by atoms with Crippen LogP contribution in [0.2, 0.25) is 0 Å². The van der Waals surface area contributed by atoms with Crippen LogP contribution in [0.3, 0.4) is 0 Å². The largest absolute Gasteiger partial charge is 0.417 e. The SMILES string of the molecule is Cc1cc(C)nc(Nc2ncc3c(n2)CN(C2CCN(C(=O)c4ccc5[nH]c(=O)oc5c4)CC2)C3)c1. The Balaban J connectivity index is 1.08. The standard InChI is InChI=1S/C26H27N7O3/c1-15-9-16(2)28-23(10-15)31-25-27-12-18-13-33(14-21(18)29-25)19-5-7-32(8-6-19)24(34)17-3-4-20-22(11-17)36-26(35)30-20/h3-4,9-12,19H,5-8,13-14H2,1-2H3,(H,30,35)(H,27,28,29,31). The molecule has 0 aliphatic carbocycles. The van der Waals surface area contributed by atoms with Crippen LogP contribution in [-0.2, 0) is 13.1 Å². The Morgan fingerprint density at radius 1 is 1.11 bits per heavy atom. The zero-order chi connectivity index (χ0) is 24.8. The second-order valence-corrected chi connectivity index (χ2v) is 9.62. The summed E-state index contributed by atoms with van der Waals surface area (Å²) in [5.41, 5.74) is 5.80. The van der Waals surface area contributed by atoms with Crippen molar-refractivity contribution in [1.29, 1.82) is 0 Å². The molecule has 5 heterocycles. The summed E-state index contributed by atoms with van der Waals surface area (Å²) in [5, 5.41) is 3.23. The predicted molar refractivity (Wildman–Crippen MR) is 134 cm³/mol. The molecule has 2 aliphatic rings. The summed E-state index contributed by atoms with van der Waals surface area (Å²) in [6.45, 7) is 6.97. The fraction of sp³-hybridized carbons (Fsp3) is 0.346. The van der Waals surface area contributed by atoms with Crippen LogP contribution in [0.15, 0.2) is 45.7 Å². The summed E-state index contributed by atoms with van der Waals surface area (Å²) in [5.74, 6) is 0.753. The van der Waals surface area contributed by atoms with E-state index in [1.54, 1.807) is 18.2 Å². The maximum Gasteiger partial charge on any atom is 0.417 e. The molecule has 1 amide bonds. The molecule has 10 heteroatoms. The minimum Gasteiger partial charge on any atom is -0.408 e. The molecule has 10 nitrogen and oxygen atoms in total. The average molecular weight is 486 g/mol. The molecule has 6 rings (SSSR count). The number of amides is 1. The second-order valence-electron chi connectivity index (χ2n) is 9.62. The van der Waals surface area contributed by atoms with Crippen molar-refractivity contribution in [3.05, 3.63) is 75.2 Å². The van der Waals surface area contributed by atoms with Crippen molar-refractivity contribution in [3.8, 4) is 0 Å². The summed E-state index contributed by atoms with van der Waals surface area (Å²) in [6, 6.07) is 9.48. The molecule has 3 aromatic heterocycles. The number of aryl methyl sites for hydroxylation is 2. The normalized spacial score (nSPS) is 16.4. The summed E-state index contributed by atoms with van der Waals surface area (Å²) >= 11 is 0. The molecule has 4 aromatic rings. The average Bonchev–Trinajstić information content (AvgIpc) is 3.44. The van der Waals surface area contributed by atoms with Crippen LogP contribution in [0.25, 0.3) is 11.1 Å². The fourth-order valence-electron chi connectivity index (χ4n) is 5.21. The number of benzene rings is 1. The van der Waals surface area contributed by atoms with Gasteiger partial charge in [0.25, 0.3) is 5.91 Å². The van der Waals surface area contributed by atoms with Crippen LogP contribution in [0.1, 0.15) is 45.7 Å². The smallest absolute Gasteiger partial charge is 0.408 e. The van der Waals surface area contributed by atoms with Gasteiger partial charge in [-0.05, 0) is 62.6 Å². The Bertz CT molecular complexity index is 1500. The van der Waals surface area contributed by atoms with Gasteiger partial charge in [-0.3, -0.25) is 14.7 Å². The molecule has 1 aromatic carbocycles. The fourth-order valence-corrected chi connectivity index (χ4v) is 5.21. The van der Waals surface area contributed by atoms with Crippen molar-refractivity contribution in [3.63, 3.8) is 0 Å². The van der Waals surface area contributed by atoms with Gasteiger partial charge in [0.15, 0.2) is 5.58 Å². The number of fused-ring (bicyclic) bond motifs is 2. The number of nitrogens with one attached hydrogen (secondary N) is 2. The molecular weight excluding hydrogens is 458 g/mol. The van der Waals surface area contributed by atoms with Gasteiger partial charge in [-0.2, -0.15) is 0 Å². The number of nitrogens with zero attached hydrogens (tertiary/aromatic N) is 5. The number of piperidine rings is 1. The highest BCUT2D eigenvalue weighted by Gasteiger charge is 2.32. The molecule has 184 valence electrons. The number of carbonyl (C=O) groups is 1. The molecular formula is C26H27N7O3. The summed E-state index contributed by atoms with van der Waals surface area (Å²) in [6.07, 6.45) is 3.69. The number of anilines is 2. The van der Waals surface area contributed by atoms with E-state index >= 15 is 0 Å². The van der Waals surface area contributed by atoms with Gasteiger partial charge in [0.2, 0.25) is 5.95 Å². The van der Waals surface area contributed by atoms with E-state index in [0.29, 0.717) is 41.7 Å². The molecule has 0 unspecified atom stereocenters. The third-order valence-corrected chi connectivity index (χ3v) is 6.95. The topological polar surface area (TPSA) is 120 Å². The number of aromatic amines is 1. The molecule has 1 fully saturated rings. The van der Waals surface area contributed by atoms with Crippen LogP contribution >= 0.6 is 0 Å². The minimum absolute atomic E-state index is 0.0366. The first-order chi connectivity index (χ1) is 17.4. The van der Waals surface area contributed by atoms with Crippen molar-refractivity contribution < 1.29 is 9.21 Å². The van der Waals surface area contributed by atoms with Crippen molar-refractivity contribution in [2.45, 2.75) is 45.8 Å². The van der Waals surface area contributed by atoms with Crippen LogP contribution in [-0.4, -0.2) is 54.8 Å². The van der Waals surface area contributed by atoms with E-state index in [1.165, 1.54) is 0 Å².